The van der Waals surface area contributed by atoms with E-state index in [0.29, 0.717) is 19.4 Å². The highest BCUT2D eigenvalue weighted by Crippen LogP contribution is 2.16. The highest BCUT2D eigenvalue weighted by atomic mass is 32.1. The third-order valence-corrected chi connectivity index (χ3v) is 3.33. The molecule has 98 valence electrons. The number of hydrogen-bond acceptors (Lipinski definition) is 3. The van der Waals surface area contributed by atoms with Crippen LogP contribution in [0.1, 0.15) is 36.6 Å². The van der Waals surface area contributed by atoms with E-state index >= 15 is 0 Å². The van der Waals surface area contributed by atoms with Crippen molar-refractivity contribution in [2.24, 2.45) is 0 Å². The van der Waals surface area contributed by atoms with Gasteiger partial charge < -0.3 is 10.0 Å². The number of rotatable bonds is 5. The number of aliphatic hydroxyl groups is 1. The van der Waals surface area contributed by atoms with Crippen molar-refractivity contribution in [3.8, 4) is 11.8 Å². The number of carbonyl (C=O) groups excluding carboxylic acids is 1. The largest absolute Gasteiger partial charge is 0.395 e. The summed E-state index contributed by atoms with van der Waals surface area (Å²) in [5, 5.41) is 10.6. The molecule has 1 aromatic rings. The number of hydrogen-bond donors (Lipinski definition) is 1. The standard InChI is InChI=1S/C14H19NO2S/c1-3-6-14(17)15(2)10-13-9-12(11-18-13)7-4-5-8-16/h9,11,16H,3,5-6,8,10H2,1-2H3. The quantitative estimate of drug-likeness (QED) is 0.829. The van der Waals surface area contributed by atoms with Gasteiger partial charge in [0, 0.05) is 35.7 Å². The fourth-order valence-corrected chi connectivity index (χ4v) is 2.34. The molecule has 1 heterocycles. The van der Waals surface area contributed by atoms with Crippen LogP contribution >= 0.6 is 11.3 Å². The number of thiophene rings is 1. The summed E-state index contributed by atoms with van der Waals surface area (Å²) in [6.45, 7) is 2.75. The minimum absolute atomic E-state index is 0.0955. The molecular formula is C14H19NO2S. The maximum atomic E-state index is 11.6. The minimum atomic E-state index is 0.0955. The van der Waals surface area contributed by atoms with Gasteiger partial charge in [-0.2, -0.15) is 0 Å². The number of nitrogens with zero attached hydrogens (tertiary/aromatic N) is 1. The molecule has 0 atom stereocenters. The molecule has 0 saturated heterocycles. The van der Waals surface area contributed by atoms with Crippen molar-refractivity contribution in [1.29, 1.82) is 0 Å². The van der Waals surface area contributed by atoms with Crippen LogP contribution in [-0.2, 0) is 11.3 Å². The SMILES string of the molecule is CCCC(=O)N(C)Cc1cc(C#CCCO)cs1. The lowest BCUT2D eigenvalue weighted by molar-refractivity contribution is -0.130. The van der Waals surface area contributed by atoms with E-state index < -0.39 is 0 Å². The van der Waals surface area contributed by atoms with Crippen LogP contribution in [0.2, 0.25) is 0 Å². The Morgan fingerprint density at radius 1 is 1.56 bits per heavy atom. The van der Waals surface area contributed by atoms with Gasteiger partial charge in [-0.15, -0.1) is 11.3 Å². The number of aliphatic hydroxyl groups excluding tert-OH is 1. The second-order valence-electron chi connectivity index (χ2n) is 4.08. The van der Waals surface area contributed by atoms with E-state index in [-0.39, 0.29) is 12.5 Å². The Morgan fingerprint density at radius 2 is 2.33 bits per heavy atom. The molecule has 3 nitrogen and oxygen atoms in total. The summed E-state index contributed by atoms with van der Waals surface area (Å²) in [6.07, 6.45) is 1.98. The minimum Gasteiger partial charge on any atom is -0.395 e. The highest BCUT2D eigenvalue weighted by molar-refractivity contribution is 7.10. The second kappa shape index (κ2) is 7.91. The summed E-state index contributed by atoms with van der Waals surface area (Å²) in [7, 11) is 1.83. The smallest absolute Gasteiger partial charge is 0.222 e. The molecule has 0 spiro atoms. The lowest BCUT2D eigenvalue weighted by Gasteiger charge is -2.15. The van der Waals surface area contributed by atoms with E-state index in [2.05, 4.69) is 11.8 Å². The van der Waals surface area contributed by atoms with Gasteiger partial charge in [-0.05, 0) is 12.5 Å². The van der Waals surface area contributed by atoms with Gasteiger partial charge in [0.2, 0.25) is 5.91 Å². The van der Waals surface area contributed by atoms with Crippen LogP contribution in [0.5, 0.6) is 0 Å². The summed E-state index contributed by atoms with van der Waals surface area (Å²) in [4.78, 5) is 14.5. The molecule has 0 bridgehead atoms. The van der Waals surface area contributed by atoms with Gasteiger partial charge in [-0.3, -0.25) is 4.79 Å². The Balaban J connectivity index is 2.54. The van der Waals surface area contributed by atoms with Crippen LogP contribution in [0.25, 0.3) is 0 Å². The van der Waals surface area contributed by atoms with Crippen molar-refractivity contribution in [1.82, 2.24) is 4.90 Å². The molecule has 0 fully saturated rings. The topological polar surface area (TPSA) is 40.5 Å². The van der Waals surface area contributed by atoms with Gasteiger partial charge in [-0.25, -0.2) is 0 Å². The lowest BCUT2D eigenvalue weighted by atomic mass is 10.2. The van der Waals surface area contributed by atoms with Gasteiger partial charge in [0.25, 0.3) is 0 Å². The van der Waals surface area contributed by atoms with E-state index in [1.807, 2.05) is 25.4 Å². The molecule has 0 aliphatic rings. The number of amides is 1. The Bertz CT molecular complexity index is 442. The summed E-state index contributed by atoms with van der Waals surface area (Å²) in [5.74, 6) is 6.06. The predicted molar refractivity (Wildman–Crippen MR) is 74.3 cm³/mol. The van der Waals surface area contributed by atoms with Gasteiger partial charge in [0.1, 0.15) is 0 Å². The average molecular weight is 265 g/mol. The third kappa shape index (κ3) is 4.91. The predicted octanol–water partition coefficient (Wildman–Crippen LogP) is 2.24. The van der Waals surface area contributed by atoms with Gasteiger partial charge in [0.15, 0.2) is 0 Å². The lowest BCUT2D eigenvalue weighted by Crippen LogP contribution is -2.25. The average Bonchev–Trinajstić information content (AvgIpc) is 2.77. The van der Waals surface area contributed by atoms with Crippen molar-refractivity contribution in [2.45, 2.75) is 32.7 Å². The summed E-state index contributed by atoms with van der Waals surface area (Å²) in [5.41, 5.74) is 0.958. The molecular weight excluding hydrogens is 246 g/mol. The normalized spacial score (nSPS) is 9.72. The molecule has 1 amide bonds. The molecule has 0 saturated carbocycles. The van der Waals surface area contributed by atoms with E-state index in [4.69, 9.17) is 5.11 Å². The highest BCUT2D eigenvalue weighted by Gasteiger charge is 2.08. The molecule has 1 aromatic heterocycles. The molecule has 0 aromatic carbocycles. The Labute approximate surface area is 112 Å². The van der Waals surface area contributed by atoms with E-state index in [9.17, 15) is 4.79 Å². The summed E-state index contributed by atoms with van der Waals surface area (Å²) < 4.78 is 0. The third-order valence-electron chi connectivity index (χ3n) is 2.41. The zero-order valence-corrected chi connectivity index (χ0v) is 11.7. The maximum absolute atomic E-state index is 11.6. The second-order valence-corrected chi connectivity index (χ2v) is 5.07. The first-order valence-corrected chi connectivity index (χ1v) is 6.96. The maximum Gasteiger partial charge on any atom is 0.222 e. The molecule has 4 heteroatoms. The van der Waals surface area contributed by atoms with Crippen LogP contribution in [0.4, 0.5) is 0 Å². The van der Waals surface area contributed by atoms with Crippen molar-refractivity contribution in [3.05, 3.63) is 21.9 Å². The van der Waals surface area contributed by atoms with E-state index in [0.717, 1.165) is 16.9 Å². The fourth-order valence-electron chi connectivity index (χ4n) is 1.48. The van der Waals surface area contributed by atoms with E-state index in [1.165, 1.54) is 0 Å². The van der Waals surface area contributed by atoms with Crippen molar-refractivity contribution < 1.29 is 9.90 Å². The first-order valence-electron chi connectivity index (χ1n) is 6.08. The molecule has 18 heavy (non-hydrogen) atoms. The number of carbonyl (C=O) groups is 1. The molecule has 0 unspecified atom stereocenters. The van der Waals surface area contributed by atoms with Crippen LogP contribution in [0.3, 0.4) is 0 Å². The van der Waals surface area contributed by atoms with Crippen molar-refractivity contribution >= 4 is 17.2 Å². The zero-order chi connectivity index (χ0) is 13.4. The van der Waals surface area contributed by atoms with Crippen LogP contribution < -0.4 is 0 Å². The Hall–Kier alpha value is -1.31. The zero-order valence-electron chi connectivity index (χ0n) is 10.9. The first-order chi connectivity index (χ1) is 8.67. The molecule has 1 rings (SSSR count). The first kappa shape index (κ1) is 14.7. The van der Waals surface area contributed by atoms with Crippen molar-refractivity contribution in [2.75, 3.05) is 13.7 Å². The van der Waals surface area contributed by atoms with Crippen molar-refractivity contribution in [3.63, 3.8) is 0 Å². The monoisotopic (exact) mass is 265 g/mol. The van der Waals surface area contributed by atoms with E-state index in [1.54, 1.807) is 16.2 Å². The molecule has 0 aliphatic carbocycles. The molecule has 0 radical (unpaired) electrons. The molecule has 0 aliphatic heterocycles. The van der Waals surface area contributed by atoms with Gasteiger partial charge >= 0.3 is 0 Å². The van der Waals surface area contributed by atoms with Gasteiger partial charge in [-0.1, -0.05) is 18.8 Å². The summed E-state index contributed by atoms with van der Waals surface area (Å²) >= 11 is 1.61. The van der Waals surface area contributed by atoms with Crippen LogP contribution in [0.15, 0.2) is 11.4 Å². The summed E-state index contributed by atoms with van der Waals surface area (Å²) in [6, 6.07) is 2.00. The van der Waals surface area contributed by atoms with Crippen LogP contribution in [0, 0.1) is 11.8 Å². The fraction of sp³-hybridized carbons (Fsp3) is 0.500. The molecule has 1 N–H and O–H groups in total. The Kier molecular flexibility index (Phi) is 6.48. The Morgan fingerprint density at radius 3 is 3.00 bits per heavy atom. The van der Waals surface area contributed by atoms with Gasteiger partial charge in [0.05, 0.1) is 13.2 Å². The van der Waals surface area contributed by atoms with Crippen LogP contribution in [-0.4, -0.2) is 29.6 Å².